The first kappa shape index (κ1) is 9.67. The highest BCUT2D eigenvalue weighted by Gasteiger charge is 2.06. The fourth-order valence-corrected chi connectivity index (χ4v) is 0.962. The van der Waals surface area contributed by atoms with Crippen molar-refractivity contribution in [3.8, 4) is 0 Å². The first-order valence-electron chi connectivity index (χ1n) is 3.95. The van der Waals surface area contributed by atoms with Crippen LogP contribution in [0.3, 0.4) is 0 Å². The van der Waals surface area contributed by atoms with Gasteiger partial charge in [0, 0.05) is 13.2 Å². The Morgan fingerprint density at radius 3 is 2.77 bits per heavy atom. The van der Waals surface area contributed by atoms with Crippen LogP contribution in [0, 0.1) is 0 Å². The average molecular weight is 181 g/mol. The lowest BCUT2D eigenvalue weighted by molar-refractivity contribution is -0.125. The van der Waals surface area contributed by atoms with Crippen molar-refractivity contribution < 1.29 is 14.3 Å². The van der Waals surface area contributed by atoms with Crippen LogP contribution in [0.1, 0.15) is 6.42 Å². The van der Waals surface area contributed by atoms with Crippen molar-refractivity contribution in [3.63, 3.8) is 0 Å². The molecule has 13 heavy (non-hydrogen) atoms. The van der Waals surface area contributed by atoms with E-state index in [0.29, 0.717) is 6.42 Å². The SMILES string of the molecule is COC1/C=C/C(=O)NC(=O)/C=C/C1. The molecule has 1 atom stereocenters. The lowest BCUT2D eigenvalue weighted by Gasteiger charge is -2.05. The highest BCUT2D eigenvalue weighted by atomic mass is 16.5. The molecule has 0 aliphatic carbocycles. The standard InChI is InChI=1S/C9H11NO3/c1-13-7-3-2-4-8(11)10-9(12)6-5-7/h2,4-7H,3H2,1H3,(H,10,11,12)/b4-2+,6-5+. The molecule has 0 spiro atoms. The Morgan fingerprint density at radius 2 is 2.08 bits per heavy atom. The number of rotatable bonds is 1. The molecule has 1 aliphatic rings. The van der Waals surface area contributed by atoms with E-state index in [2.05, 4.69) is 5.32 Å². The summed E-state index contributed by atoms with van der Waals surface area (Å²) in [5, 5.41) is 2.16. The van der Waals surface area contributed by atoms with Crippen molar-refractivity contribution in [2.45, 2.75) is 12.5 Å². The van der Waals surface area contributed by atoms with Crippen LogP contribution in [0.4, 0.5) is 0 Å². The lowest BCUT2D eigenvalue weighted by Crippen LogP contribution is -2.26. The summed E-state index contributed by atoms with van der Waals surface area (Å²) >= 11 is 0. The minimum absolute atomic E-state index is 0.145. The molecule has 0 aromatic heterocycles. The Balaban J connectivity index is 2.73. The van der Waals surface area contributed by atoms with Crippen LogP contribution >= 0.6 is 0 Å². The molecule has 0 aromatic rings. The van der Waals surface area contributed by atoms with Crippen molar-refractivity contribution >= 4 is 11.8 Å². The summed E-state index contributed by atoms with van der Waals surface area (Å²) in [6.45, 7) is 0. The summed E-state index contributed by atoms with van der Waals surface area (Å²) in [6.07, 6.45) is 6.38. The third-order valence-electron chi connectivity index (χ3n) is 1.65. The van der Waals surface area contributed by atoms with Crippen molar-refractivity contribution in [2.24, 2.45) is 0 Å². The predicted octanol–water partition coefficient (Wildman–Crippen LogP) is 0.160. The molecule has 0 bridgehead atoms. The summed E-state index contributed by atoms with van der Waals surface area (Å²) in [5.41, 5.74) is 0. The zero-order valence-electron chi connectivity index (χ0n) is 7.32. The Morgan fingerprint density at radius 1 is 1.38 bits per heavy atom. The second-order valence-electron chi connectivity index (χ2n) is 2.62. The third-order valence-corrected chi connectivity index (χ3v) is 1.65. The van der Waals surface area contributed by atoms with Gasteiger partial charge in [-0.2, -0.15) is 0 Å². The van der Waals surface area contributed by atoms with Gasteiger partial charge in [-0.15, -0.1) is 0 Å². The van der Waals surface area contributed by atoms with Gasteiger partial charge in [0.2, 0.25) is 5.91 Å². The predicted molar refractivity (Wildman–Crippen MR) is 46.8 cm³/mol. The highest BCUT2D eigenvalue weighted by molar-refractivity contribution is 6.05. The minimum Gasteiger partial charge on any atom is -0.377 e. The summed E-state index contributed by atoms with van der Waals surface area (Å²) in [4.78, 5) is 21.9. The molecule has 1 heterocycles. The van der Waals surface area contributed by atoms with Gasteiger partial charge in [0.15, 0.2) is 0 Å². The zero-order valence-corrected chi connectivity index (χ0v) is 7.32. The third kappa shape index (κ3) is 3.21. The molecule has 4 heteroatoms. The van der Waals surface area contributed by atoms with Crippen LogP contribution in [-0.4, -0.2) is 25.0 Å². The average Bonchev–Trinajstić information content (AvgIpc) is 2.16. The number of methoxy groups -OCH3 is 1. The van der Waals surface area contributed by atoms with E-state index in [1.54, 1.807) is 19.3 Å². The number of amides is 2. The Bertz CT molecular complexity index is 268. The van der Waals surface area contributed by atoms with Crippen LogP contribution in [-0.2, 0) is 14.3 Å². The molecule has 1 aliphatic heterocycles. The van der Waals surface area contributed by atoms with Gasteiger partial charge in [0.1, 0.15) is 0 Å². The van der Waals surface area contributed by atoms with E-state index in [9.17, 15) is 9.59 Å². The van der Waals surface area contributed by atoms with Crippen molar-refractivity contribution in [2.75, 3.05) is 7.11 Å². The van der Waals surface area contributed by atoms with E-state index < -0.39 is 11.8 Å². The van der Waals surface area contributed by atoms with Crippen LogP contribution in [0.25, 0.3) is 0 Å². The molecule has 1 N–H and O–H groups in total. The number of carbonyl (C=O) groups excluding carboxylic acids is 2. The molecule has 0 fully saturated rings. The number of ether oxygens (including phenoxy) is 1. The first-order chi connectivity index (χ1) is 6.22. The molecule has 70 valence electrons. The first-order valence-corrected chi connectivity index (χ1v) is 3.95. The van der Waals surface area contributed by atoms with E-state index in [4.69, 9.17) is 4.74 Å². The fraction of sp³-hybridized carbons (Fsp3) is 0.333. The molecule has 1 unspecified atom stereocenters. The van der Waals surface area contributed by atoms with Crippen LogP contribution in [0.5, 0.6) is 0 Å². The maximum absolute atomic E-state index is 11.0. The Kier molecular flexibility index (Phi) is 3.40. The van der Waals surface area contributed by atoms with E-state index in [1.807, 2.05) is 0 Å². The molecule has 0 aromatic carbocycles. The molecule has 1 rings (SSSR count). The monoisotopic (exact) mass is 181 g/mol. The van der Waals surface area contributed by atoms with E-state index in [1.165, 1.54) is 12.2 Å². The van der Waals surface area contributed by atoms with Gasteiger partial charge in [0.25, 0.3) is 5.91 Å². The van der Waals surface area contributed by atoms with Gasteiger partial charge in [-0.05, 0) is 12.5 Å². The number of nitrogens with one attached hydrogen (secondary N) is 1. The van der Waals surface area contributed by atoms with Gasteiger partial charge in [-0.3, -0.25) is 14.9 Å². The summed E-state index contributed by atoms with van der Waals surface area (Å²) in [6, 6.07) is 0. The number of carbonyl (C=O) groups is 2. The number of hydrogen-bond donors (Lipinski definition) is 1. The molecular formula is C9H11NO3. The van der Waals surface area contributed by atoms with Crippen LogP contribution < -0.4 is 5.32 Å². The topological polar surface area (TPSA) is 55.4 Å². The van der Waals surface area contributed by atoms with Gasteiger partial charge in [-0.1, -0.05) is 12.2 Å². The van der Waals surface area contributed by atoms with E-state index in [0.717, 1.165) is 0 Å². The van der Waals surface area contributed by atoms with Gasteiger partial charge in [0.05, 0.1) is 6.10 Å². The molecule has 2 amide bonds. The highest BCUT2D eigenvalue weighted by Crippen LogP contribution is 2.01. The largest absolute Gasteiger partial charge is 0.377 e. The Labute approximate surface area is 76.3 Å². The number of hydrogen-bond acceptors (Lipinski definition) is 3. The lowest BCUT2D eigenvalue weighted by atomic mass is 10.2. The van der Waals surface area contributed by atoms with Gasteiger partial charge in [-0.25, -0.2) is 0 Å². The van der Waals surface area contributed by atoms with E-state index >= 15 is 0 Å². The van der Waals surface area contributed by atoms with Gasteiger partial charge >= 0.3 is 0 Å². The molecular weight excluding hydrogens is 170 g/mol. The minimum atomic E-state index is -0.418. The smallest absolute Gasteiger partial charge is 0.250 e. The van der Waals surface area contributed by atoms with Crippen molar-refractivity contribution in [1.82, 2.24) is 5.32 Å². The number of imide groups is 1. The molecule has 0 saturated heterocycles. The molecule has 4 nitrogen and oxygen atoms in total. The molecule has 0 saturated carbocycles. The second-order valence-corrected chi connectivity index (χ2v) is 2.62. The summed E-state index contributed by atoms with van der Waals surface area (Å²) < 4.78 is 5.04. The van der Waals surface area contributed by atoms with Crippen molar-refractivity contribution in [1.29, 1.82) is 0 Å². The fourth-order valence-electron chi connectivity index (χ4n) is 0.962. The van der Waals surface area contributed by atoms with E-state index in [-0.39, 0.29) is 6.10 Å². The van der Waals surface area contributed by atoms with Crippen LogP contribution in [0.15, 0.2) is 24.3 Å². The quantitative estimate of drug-likeness (QED) is 0.586. The van der Waals surface area contributed by atoms with Gasteiger partial charge < -0.3 is 4.74 Å². The zero-order chi connectivity index (χ0) is 9.68. The maximum atomic E-state index is 11.0. The van der Waals surface area contributed by atoms with Crippen molar-refractivity contribution in [3.05, 3.63) is 24.3 Å². The van der Waals surface area contributed by atoms with Crippen LogP contribution in [0.2, 0.25) is 0 Å². The normalized spacial score (nSPS) is 28.2. The summed E-state index contributed by atoms with van der Waals surface area (Å²) in [7, 11) is 1.56. The maximum Gasteiger partial charge on any atom is 0.250 e. The summed E-state index contributed by atoms with van der Waals surface area (Å²) in [5.74, 6) is -0.815. The molecule has 0 radical (unpaired) electrons. The Hall–Kier alpha value is -1.42. The second kappa shape index (κ2) is 4.57.